The van der Waals surface area contributed by atoms with E-state index in [1.807, 2.05) is 12.3 Å². The van der Waals surface area contributed by atoms with E-state index in [4.69, 9.17) is 4.52 Å². The van der Waals surface area contributed by atoms with Crippen LogP contribution in [0.2, 0.25) is 0 Å². The third-order valence-corrected chi connectivity index (χ3v) is 3.72. The predicted octanol–water partition coefficient (Wildman–Crippen LogP) is 0.821. The van der Waals surface area contributed by atoms with Gasteiger partial charge >= 0.3 is 0 Å². The summed E-state index contributed by atoms with van der Waals surface area (Å²) < 4.78 is 5.22. The van der Waals surface area contributed by atoms with Gasteiger partial charge in [-0.1, -0.05) is 5.16 Å². The van der Waals surface area contributed by atoms with Gasteiger partial charge in [0.2, 0.25) is 5.89 Å². The highest BCUT2D eigenvalue weighted by Gasteiger charge is 2.28. The number of nitrogens with one attached hydrogen (secondary N) is 1. The van der Waals surface area contributed by atoms with Crippen LogP contribution in [0.4, 0.5) is 0 Å². The first kappa shape index (κ1) is 11.8. The minimum absolute atomic E-state index is 0.0292. The summed E-state index contributed by atoms with van der Waals surface area (Å²) >= 11 is 1.61. The molecule has 2 atom stereocenters. The number of aromatic nitrogens is 3. The zero-order valence-electron chi connectivity index (χ0n) is 9.96. The molecule has 7 heteroatoms. The molecule has 1 unspecified atom stereocenters. The van der Waals surface area contributed by atoms with Crippen molar-refractivity contribution in [2.45, 2.75) is 31.9 Å². The lowest BCUT2D eigenvalue weighted by Crippen LogP contribution is -2.15. The molecule has 2 N–H and O–H groups in total. The van der Waals surface area contributed by atoms with Crippen molar-refractivity contribution in [2.24, 2.45) is 0 Å². The Hall–Kier alpha value is -1.31. The zero-order chi connectivity index (χ0) is 12.5. The molecular weight excluding hydrogens is 252 g/mol. The van der Waals surface area contributed by atoms with Gasteiger partial charge in [0.1, 0.15) is 0 Å². The third kappa shape index (κ3) is 2.43. The molecular formula is C11H14N4O2S. The van der Waals surface area contributed by atoms with Crippen molar-refractivity contribution in [1.29, 1.82) is 0 Å². The summed E-state index contributed by atoms with van der Waals surface area (Å²) in [6.07, 6.45) is 0.882. The van der Waals surface area contributed by atoms with Crippen molar-refractivity contribution < 1.29 is 9.63 Å². The van der Waals surface area contributed by atoms with Crippen molar-refractivity contribution in [3.63, 3.8) is 0 Å². The van der Waals surface area contributed by atoms with E-state index in [1.165, 1.54) is 0 Å². The van der Waals surface area contributed by atoms with Crippen LogP contribution in [0.15, 0.2) is 9.90 Å². The van der Waals surface area contributed by atoms with Crippen LogP contribution in [0.3, 0.4) is 0 Å². The molecule has 0 aromatic carbocycles. The smallest absolute Gasteiger partial charge is 0.243 e. The molecule has 3 heterocycles. The molecule has 1 aliphatic rings. The van der Waals surface area contributed by atoms with Gasteiger partial charge in [0.15, 0.2) is 5.82 Å². The van der Waals surface area contributed by atoms with Gasteiger partial charge in [-0.25, -0.2) is 4.98 Å². The Morgan fingerprint density at radius 3 is 3.11 bits per heavy atom. The van der Waals surface area contributed by atoms with Gasteiger partial charge in [-0.15, -0.1) is 11.3 Å². The molecule has 2 aromatic heterocycles. The summed E-state index contributed by atoms with van der Waals surface area (Å²) in [4.78, 5) is 8.71. The number of thiazole rings is 1. The number of rotatable bonds is 3. The molecule has 1 fully saturated rings. The van der Waals surface area contributed by atoms with E-state index >= 15 is 0 Å². The number of β-amino-alcohol motifs (C(OH)–C–C–N with tert-alkyl or cyclic N) is 1. The Morgan fingerprint density at radius 2 is 2.44 bits per heavy atom. The van der Waals surface area contributed by atoms with Gasteiger partial charge in [0, 0.05) is 11.9 Å². The highest BCUT2D eigenvalue weighted by Crippen LogP contribution is 2.22. The van der Waals surface area contributed by atoms with Crippen molar-refractivity contribution in [2.75, 3.05) is 6.54 Å². The summed E-state index contributed by atoms with van der Waals surface area (Å²) in [5.41, 5.74) is 0.962. The fraction of sp³-hybridized carbons (Fsp3) is 0.545. The van der Waals surface area contributed by atoms with Crippen molar-refractivity contribution >= 4 is 11.3 Å². The van der Waals surface area contributed by atoms with Gasteiger partial charge < -0.3 is 14.9 Å². The standard InChI is InChI=1S/C11H14N4O2S/c1-6-13-7(5-18-6)2-10-14-11(17-15-10)9-3-8(16)4-12-9/h5,8-9,12,16H,2-4H2,1H3/t8?,9-/m0/s1. The van der Waals surface area contributed by atoms with Crippen LogP contribution < -0.4 is 5.32 Å². The Morgan fingerprint density at radius 1 is 1.56 bits per heavy atom. The monoisotopic (exact) mass is 266 g/mol. The Bertz CT molecular complexity index is 539. The molecule has 0 saturated carbocycles. The number of aliphatic hydroxyl groups is 1. The second-order valence-electron chi connectivity index (χ2n) is 4.43. The number of hydrogen-bond acceptors (Lipinski definition) is 7. The first-order valence-electron chi connectivity index (χ1n) is 5.85. The second kappa shape index (κ2) is 4.75. The topological polar surface area (TPSA) is 84.1 Å². The Labute approximate surface area is 108 Å². The predicted molar refractivity (Wildman–Crippen MR) is 65.3 cm³/mol. The SMILES string of the molecule is Cc1nc(Cc2noc([C@@H]3CC(O)CN3)n2)cs1. The van der Waals surface area contributed by atoms with E-state index in [1.54, 1.807) is 11.3 Å². The quantitative estimate of drug-likeness (QED) is 0.855. The summed E-state index contributed by atoms with van der Waals surface area (Å²) in [6, 6.07) is -0.0292. The third-order valence-electron chi connectivity index (χ3n) is 2.90. The first-order chi connectivity index (χ1) is 8.70. The van der Waals surface area contributed by atoms with Gasteiger partial charge in [-0.2, -0.15) is 4.98 Å². The van der Waals surface area contributed by atoms with Crippen LogP contribution >= 0.6 is 11.3 Å². The first-order valence-corrected chi connectivity index (χ1v) is 6.73. The van der Waals surface area contributed by atoms with Crippen LogP contribution in [-0.4, -0.2) is 32.9 Å². The summed E-state index contributed by atoms with van der Waals surface area (Å²) in [6.45, 7) is 2.55. The van der Waals surface area contributed by atoms with Crippen LogP contribution in [0.1, 0.15) is 34.9 Å². The minimum atomic E-state index is -0.327. The molecule has 18 heavy (non-hydrogen) atoms. The molecule has 1 saturated heterocycles. The summed E-state index contributed by atoms with van der Waals surface area (Å²) in [5.74, 6) is 1.19. The number of aliphatic hydroxyl groups excluding tert-OH is 1. The van der Waals surface area contributed by atoms with E-state index in [-0.39, 0.29) is 12.1 Å². The maximum Gasteiger partial charge on any atom is 0.243 e. The summed E-state index contributed by atoms with van der Waals surface area (Å²) in [5, 5.41) is 19.6. The van der Waals surface area contributed by atoms with E-state index in [2.05, 4.69) is 20.4 Å². The number of aryl methyl sites for hydroxylation is 1. The molecule has 0 bridgehead atoms. The molecule has 0 aliphatic carbocycles. The molecule has 96 valence electrons. The normalized spacial score (nSPS) is 23.7. The van der Waals surface area contributed by atoms with Crippen LogP contribution in [0.25, 0.3) is 0 Å². The van der Waals surface area contributed by atoms with E-state index in [0.717, 1.165) is 10.7 Å². The molecule has 3 rings (SSSR count). The summed E-state index contributed by atoms with van der Waals surface area (Å²) in [7, 11) is 0. The van der Waals surface area contributed by atoms with Gasteiger partial charge in [0.25, 0.3) is 0 Å². The highest BCUT2D eigenvalue weighted by atomic mass is 32.1. The van der Waals surface area contributed by atoms with Crippen LogP contribution in [0.5, 0.6) is 0 Å². The zero-order valence-corrected chi connectivity index (χ0v) is 10.8. The molecule has 1 aliphatic heterocycles. The molecule has 0 amide bonds. The highest BCUT2D eigenvalue weighted by molar-refractivity contribution is 7.09. The van der Waals surface area contributed by atoms with Crippen LogP contribution in [-0.2, 0) is 6.42 Å². The lowest BCUT2D eigenvalue weighted by molar-refractivity contribution is 0.191. The minimum Gasteiger partial charge on any atom is -0.392 e. The molecule has 0 spiro atoms. The van der Waals surface area contributed by atoms with Crippen LogP contribution in [0, 0.1) is 6.92 Å². The van der Waals surface area contributed by atoms with E-state index in [0.29, 0.717) is 31.1 Å². The maximum absolute atomic E-state index is 9.44. The molecule has 0 radical (unpaired) electrons. The fourth-order valence-electron chi connectivity index (χ4n) is 2.04. The average Bonchev–Trinajstić information content (AvgIpc) is 3.01. The largest absolute Gasteiger partial charge is 0.392 e. The average molecular weight is 266 g/mol. The molecule has 6 nitrogen and oxygen atoms in total. The number of nitrogens with zero attached hydrogens (tertiary/aromatic N) is 3. The lowest BCUT2D eigenvalue weighted by Gasteiger charge is -2.01. The van der Waals surface area contributed by atoms with Crippen molar-refractivity contribution in [3.8, 4) is 0 Å². The number of hydrogen-bond donors (Lipinski definition) is 2. The van der Waals surface area contributed by atoms with Gasteiger partial charge in [0.05, 0.1) is 29.3 Å². The maximum atomic E-state index is 9.44. The fourth-order valence-corrected chi connectivity index (χ4v) is 2.65. The van der Waals surface area contributed by atoms with Crippen molar-refractivity contribution in [1.82, 2.24) is 20.4 Å². The van der Waals surface area contributed by atoms with E-state index < -0.39 is 0 Å². The lowest BCUT2D eigenvalue weighted by atomic mass is 10.2. The van der Waals surface area contributed by atoms with E-state index in [9.17, 15) is 5.11 Å². The van der Waals surface area contributed by atoms with Gasteiger partial charge in [-0.3, -0.25) is 0 Å². The van der Waals surface area contributed by atoms with Gasteiger partial charge in [-0.05, 0) is 13.3 Å². The Kier molecular flexibility index (Phi) is 3.11. The second-order valence-corrected chi connectivity index (χ2v) is 5.50. The molecule has 2 aromatic rings. The van der Waals surface area contributed by atoms with Crippen molar-refractivity contribution in [3.05, 3.63) is 27.8 Å². The Balaban J connectivity index is 1.70.